The first kappa shape index (κ1) is 17.0. The Kier molecular flexibility index (Phi) is 4.76. The van der Waals surface area contributed by atoms with Gasteiger partial charge in [-0.25, -0.2) is 4.68 Å². The predicted octanol–water partition coefficient (Wildman–Crippen LogP) is 6.36. The lowest BCUT2D eigenvalue weighted by Gasteiger charge is -2.09. The first-order chi connectivity index (χ1) is 12.1. The maximum absolute atomic E-state index is 6.46. The number of anilines is 1. The van der Waals surface area contributed by atoms with Gasteiger partial charge in [0, 0.05) is 27.2 Å². The zero-order chi connectivity index (χ0) is 17.4. The summed E-state index contributed by atoms with van der Waals surface area (Å²) in [5, 5.41) is 9.77. The number of aromatic nitrogens is 2. The quantitative estimate of drug-likeness (QED) is 0.506. The van der Waals surface area contributed by atoms with E-state index in [2.05, 4.69) is 27.3 Å². The van der Waals surface area contributed by atoms with E-state index in [1.807, 2.05) is 35.0 Å². The van der Waals surface area contributed by atoms with Crippen LogP contribution >= 0.6 is 39.1 Å². The first-order valence-corrected chi connectivity index (χ1v) is 9.75. The molecule has 1 N–H and O–H groups in total. The molecule has 0 saturated heterocycles. The van der Waals surface area contributed by atoms with Gasteiger partial charge in [-0.3, -0.25) is 0 Å². The molecule has 2 heterocycles. The fraction of sp³-hybridized carbons (Fsp3) is 0.211. The molecule has 0 atom stereocenters. The number of benzene rings is 2. The van der Waals surface area contributed by atoms with Crippen LogP contribution in [0.4, 0.5) is 5.82 Å². The van der Waals surface area contributed by atoms with Crippen molar-refractivity contribution in [1.29, 1.82) is 0 Å². The molecule has 0 fully saturated rings. The van der Waals surface area contributed by atoms with Crippen molar-refractivity contribution in [2.45, 2.75) is 19.3 Å². The Hall–Kier alpha value is -1.49. The Labute approximate surface area is 165 Å². The molecule has 1 aromatic heterocycles. The molecular weight excluding hydrogens is 421 g/mol. The molecule has 25 heavy (non-hydrogen) atoms. The highest BCUT2D eigenvalue weighted by atomic mass is 79.9. The molecule has 3 aromatic rings. The van der Waals surface area contributed by atoms with Crippen molar-refractivity contribution in [2.24, 2.45) is 0 Å². The highest BCUT2D eigenvalue weighted by molar-refractivity contribution is 9.10. The Morgan fingerprint density at radius 3 is 2.80 bits per heavy atom. The normalized spacial score (nSPS) is 13.9. The van der Waals surface area contributed by atoms with Crippen molar-refractivity contribution in [3.05, 3.63) is 62.5 Å². The van der Waals surface area contributed by atoms with Crippen LogP contribution in [0.25, 0.3) is 16.9 Å². The van der Waals surface area contributed by atoms with Gasteiger partial charge in [0.05, 0.1) is 16.4 Å². The zero-order valence-corrected chi connectivity index (χ0v) is 16.5. The second-order valence-electron chi connectivity index (χ2n) is 6.08. The second kappa shape index (κ2) is 7.02. The van der Waals surface area contributed by atoms with E-state index in [0.29, 0.717) is 10.0 Å². The molecule has 0 aliphatic carbocycles. The summed E-state index contributed by atoms with van der Waals surface area (Å²) in [6, 6.07) is 13.6. The van der Waals surface area contributed by atoms with Crippen LogP contribution in [-0.4, -0.2) is 16.3 Å². The van der Waals surface area contributed by atoms with E-state index in [-0.39, 0.29) is 0 Å². The maximum atomic E-state index is 6.46. The topological polar surface area (TPSA) is 29.9 Å². The van der Waals surface area contributed by atoms with Gasteiger partial charge in [-0.15, -0.1) is 0 Å². The van der Waals surface area contributed by atoms with Crippen LogP contribution in [0.2, 0.25) is 10.0 Å². The molecule has 2 aromatic carbocycles. The van der Waals surface area contributed by atoms with E-state index in [1.165, 1.54) is 5.56 Å². The number of rotatable bonds is 2. The highest BCUT2D eigenvalue weighted by Crippen LogP contribution is 2.38. The lowest BCUT2D eigenvalue weighted by Crippen LogP contribution is -2.07. The van der Waals surface area contributed by atoms with Gasteiger partial charge in [-0.05, 0) is 55.7 Å². The van der Waals surface area contributed by atoms with E-state index in [1.54, 1.807) is 6.07 Å². The first-order valence-electron chi connectivity index (χ1n) is 8.20. The lowest BCUT2D eigenvalue weighted by molar-refractivity contribution is 0.780. The van der Waals surface area contributed by atoms with Crippen molar-refractivity contribution in [3.63, 3.8) is 0 Å². The summed E-state index contributed by atoms with van der Waals surface area (Å²) in [4.78, 5) is 0. The van der Waals surface area contributed by atoms with Crippen LogP contribution < -0.4 is 5.32 Å². The molecule has 128 valence electrons. The van der Waals surface area contributed by atoms with Crippen molar-refractivity contribution < 1.29 is 0 Å². The van der Waals surface area contributed by atoms with Crippen molar-refractivity contribution in [3.8, 4) is 16.9 Å². The summed E-state index contributed by atoms with van der Waals surface area (Å²) in [5.74, 6) is 1.04. The molecule has 0 unspecified atom stereocenters. The van der Waals surface area contributed by atoms with Crippen LogP contribution in [0.5, 0.6) is 0 Å². The fourth-order valence-corrected chi connectivity index (χ4v) is 3.96. The summed E-state index contributed by atoms with van der Waals surface area (Å²) in [7, 11) is 0. The molecule has 3 nitrogen and oxygen atoms in total. The summed E-state index contributed by atoms with van der Waals surface area (Å²) in [5.41, 5.74) is 3.98. The van der Waals surface area contributed by atoms with Gasteiger partial charge in [0.2, 0.25) is 0 Å². The van der Waals surface area contributed by atoms with Crippen LogP contribution in [0.15, 0.2) is 46.9 Å². The Bertz CT molecular complexity index is 936. The van der Waals surface area contributed by atoms with E-state index in [4.69, 9.17) is 28.3 Å². The van der Waals surface area contributed by atoms with E-state index >= 15 is 0 Å². The molecule has 1 aliphatic heterocycles. The summed E-state index contributed by atoms with van der Waals surface area (Å²) in [6.45, 7) is 0.940. The molecule has 6 heteroatoms. The maximum Gasteiger partial charge on any atom is 0.133 e. The van der Waals surface area contributed by atoms with E-state index in [9.17, 15) is 0 Å². The fourth-order valence-electron chi connectivity index (χ4n) is 3.19. The van der Waals surface area contributed by atoms with Gasteiger partial charge in [-0.1, -0.05) is 45.2 Å². The van der Waals surface area contributed by atoms with Gasteiger partial charge in [0.25, 0.3) is 0 Å². The Morgan fingerprint density at radius 1 is 1.08 bits per heavy atom. The van der Waals surface area contributed by atoms with Gasteiger partial charge < -0.3 is 5.32 Å². The average Bonchev–Trinajstić information content (AvgIpc) is 2.78. The highest BCUT2D eigenvalue weighted by Gasteiger charge is 2.23. The van der Waals surface area contributed by atoms with Crippen LogP contribution in [-0.2, 0) is 6.42 Å². The number of hydrogen-bond donors (Lipinski definition) is 1. The number of nitrogens with one attached hydrogen (secondary N) is 1. The third-order valence-corrected chi connectivity index (χ3v) is 5.42. The molecule has 0 radical (unpaired) electrons. The van der Waals surface area contributed by atoms with E-state index < -0.39 is 0 Å². The van der Waals surface area contributed by atoms with Crippen molar-refractivity contribution >= 4 is 44.9 Å². The van der Waals surface area contributed by atoms with Gasteiger partial charge in [0.1, 0.15) is 5.82 Å². The minimum Gasteiger partial charge on any atom is -0.370 e. The second-order valence-corrected chi connectivity index (χ2v) is 7.83. The summed E-state index contributed by atoms with van der Waals surface area (Å²) >= 11 is 16.2. The molecule has 4 rings (SSSR count). The monoisotopic (exact) mass is 435 g/mol. The molecule has 0 amide bonds. The molecule has 0 saturated carbocycles. The number of halogens is 3. The zero-order valence-electron chi connectivity index (χ0n) is 13.4. The molecule has 0 bridgehead atoms. The number of hydrogen-bond acceptors (Lipinski definition) is 2. The number of fused-ring (bicyclic) bond motifs is 1. The van der Waals surface area contributed by atoms with Gasteiger partial charge in [0.15, 0.2) is 0 Å². The SMILES string of the molecule is Clc1ccc(Cl)c(-c2nn(-c3cccc(Br)c3)c3c2CCCCN3)c1. The number of nitrogens with zero attached hydrogens (tertiary/aromatic N) is 2. The van der Waals surface area contributed by atoms with Crippen LogP contribution in [0.3, 0.4) is 0 Å². The molecule has 1 aliphatic rings. The smallest absolute Gasteiger partial charge is 0.133 e. The van der Waals surface area contributed by atoms with Crippen LogP contribution in [0, 0.1) is 0 Å². The van der Waals surface area contributed by atoms with E-state index in [0.717, 1.165) is 53.0 Å². The predicted molar refractivity (Wildman–Crippen MR) is 108 cm³/mol. The third kappa shape index (κ3) is 3.31. The largest absolute Gasteiger partial charge is 0.370 e. The minimum absolute atomic E-state index is 0.659. The minimum atomic E-state index is 0.659. The van der Waals surface area contributed by atoms with Gasteiger partial charge in [-0.2, -0.15) is 5.10 Å². The third-order valence-electron chi connectivity index (χ3n) is 4.37. The standard InChI is InChI=1S/C19H16BrCl2N3/c20-12-4-3-5-14(10-12)25-19-15(6-1-2-9-23-19)18(24-25)16-11-13(21)7-8-17(16)22/h3-5,7-8,10-11,23H,1-2,6,9H2. The Balaban J connectivity index is 1.95. The summed E-state index contributed by atoms with van der Waals surface area (Å²) in [6.07, 6.45) is 3.22. The summed E-state index contributed by atoms with van der Waals surface area (Å²) < 4.78 is 2.99. The van der Waals surface area contributed by atoms with Crippen LogP contribution in [0.1, 0.15) is 18.4 Å². The average molecular weight is 437 g/mol. The molecule has 0 spiro atoms. The molecular formula is C19H16BrCl2N3. The Morgan fingerprint density at radius 2 is 1.96 bits per heavy atom. The lowest BCUT2D eigenvalue weighted by atomic mass is 10.0. The van der Waals surface area contributed by atoms with Crippen molar-refractivity contribution in [1.82, 2.24) is 9.78 Å². The van der Waals surface area contributed by atoms with Crippen molar-refractivity contribution in [2.75, 3.05) is 11.9 Å². The van der Waals surface area contributed by atoms with Gasteiger partial charge >= 0.3 is 0 Å².